The van der Waals surface area contributed by atoms with Gasteiger partial charge < -0.3 is 5.11 Å². The molecule has 0 heterocycles. The van der Waals surface area contributed by atoms with Gasteiger partial charge in [-0.15, -0.1) is 0 Å². The van der Waals surface area contributed by atoms with Crippen molar-refractivity contribution in [3.63, 3.8) is 0 Å². The zero-order chi connectivity index (χ0) is 13.2. The summed E-state index contributed by atoms with van der Waals surface area (Å²) in [5.41, 5.74) is 3.83. The molecule has 1 aromatic carbocycles. The Balaban J connectivity index is 1.70. The van der Waals surface area contributed by atoms with Gasteiger partial charge in [0.05, 0.1) is 6.42 Å². The zero-order valence-corrected chi connectivity index (χ0v) is 11.4. The smallest absolute Gasteiger partial charge is 0.307 e. The summed E-state index contributed by atoms with van der Waals surface area (Å²) in [5, 5.41) is 8.87. The van der Waals surface area contributed by atoms with Crippen molar-refractivity contribution < 1.29 is 9.90 Å². The fourth-order valence-corrected chi connectivity index (χ4v) is 3.93. The summed E-state index contributed by atoms with van der Waals surface area (Å²) in [6.45, 7) is 0. The van der Waals surface area contributed by atoms with E-state index in [0.717, 1.165) is 17.4 Å². The lowest BCUT2D eigenvalue weighted by molar-refractivity contribution is -0.136. The number of aliphatic carboxylic acids is 1. The third kappa shape index (κ3) is 2.83. The molecule has 1 fully saturated rings. The number of fused-ring (bicyclic) bond motifs is 1. The second-order valence-corrected chi connectivity index (χ2v) is 6.24. The van der Waals surface area contributed by atoms with E-state index in [2.05, 4.69) is 12.1 Å². The Bertz CT molecular complexity index is 472. The monoisotopic (exact) mass is 258 g/mol. The number of carboxylic acids is 1. The number of benzene rings is 1. The van der Waals surface area contributed by atoms with E-state index < -0.39 is 5.97 Å². The van der Waals surface area contributed by atoms with Crippen molar-refractivity contribution in [1.82, 2.24) is 0 Å². The molecule has 0 aromatic heterocycles. The molecule has 0 radical (unpaired) electrons. The van der Waals surface area contributed by atoms with Crippen LogP contribution in [-0.4, -0.2) is 11.1 Å². The number of hydrogen-bond acceptors (Lipinski definition) is 1. The average Bonchev–Trinajstić information content (AvgIpc) is 2.82. The van der Waals surface area contributed by atoms with Crippen LogP contribution in [0.4, 0.5) is 0 Å². The van der Waals surface area contributed by atoms with Crippen molar-refractivity contribution in [3.05, 3.63) is 34.9 Å². The highest BCUT2D eigenvalue weighted by molar-refractivity contribution is 5.70. The molecule has 2 aliphatic rings. The minimum absolute atomic E-state index is 0.154. The molecule has 0 aliphatic heterocycles. The van der Waals surface area contributed by atoms with Gasteiger partial charge in [-0.1, -0.05) is 50.3 Å². The van der Waals surface area contributed by atoms with Crippen molar-refractivity contribution in [3.8, 4) is 0 Å². The molecule has 19 heavy (non-hydrogen) atoms. The van der Waals surface area contributed by atoms with Crippen LogP contribution in [0.1, 0.15) is 48.8 Å². The van der Waals surface area contributed by atoms with Crippen molar-refractivity contribution in [1.29, 1.82) is 0 Å². The first-order chi connectivity index (χ1) is 9.22. The summed E-state index contributed by atoms with van der Waals surface area (Å²) in [4.78, 5) is 10.8. The zero-order valence-electron chi connectivity index (χ0n) is 11.4. The van der Waals surface area contributed by atoms with Gasteiger partial charge in [-0.2, -0.15) is 0 Å². The molecule has 0 spiro atoms. The van der Waals surface area contributed by atoms with Crippen LogP contribution in [0.25, 0.3) is 0 Å². The van der Waals surface area contributed by atoms with Crippen LogP contribution in [-0.2, 0) is 24.1 Å². The highest BCUT2D eigenvalue weighted by Crippen LogP contribution is 2.38. The summed E-state index contributed by atoms with van der Waals surface area (Å²) < 4.78 is 0. The predicted octanol–water partition coefficient (Wildman–Crippen LogP) is 3.61. The summed E-state index contributed by atoms with van der Waals surface area (Å²) in [7, 11) is 0. The molecule has 0 unspecified atom stereocenters. The first-order valence-electron chi connectivity index (χ1n) is 7.55. The van der Waals surface area contributed by atoms with Gasteiger partial charge in [0.1, 0.15) is 0 Å². The third-order valence-corrected chi connectivity index (χ3v) is 4.91. The number of carboxylic acid groups (broad SMARTS) is 1. The topological polar surface area (TPSA) is 37.3 Å². The maximum Gasteiger partial charge on any atom is 0.307 e. The van der Waals surface area contributed by atoms with Gasteiger partial charge in [0, 0.05) is 0 Å². The van der Waals surface area contributed by atoms with Gasteiger partial charge in [-0.3, -0.25) is 4.79 Å². The third-order valence-electron chi connectivity index (χ3n) is 4.91. The highest BCUT2D eigenvalue weighted by atomic mass is 16.4. The Hall–Kier alpha value is -1.31. The molecule has 102 valence electrons. The molecule has 1 aromatic rings. The normalized spacial score (nSPS) is 23.3. The lowest BCUT2D eigenvalue weighted by Gasteiger charge is -2.27. The molecule has 1 N–H and O–H groups in total. The van der Waals surface area contributed by atoms with Crippen molar-refractivity contribution in [2.75, 3.05) is 0 Å². The first kappa shape index (κ1) is 12.7. The molecule has 2 heteroatoms. The van der Waals surface area contributed by atoms with E-state index in [4.69, 9.17) is 5.11 Å². The van der Waals surface area contributed by atoms with Crippen LogP contribution in [0.3, 0.4) is 0 Å². The van der Waals surface area contributed by atoms with Crippen molar-refractivity contribution in [2.24, 2.45) is 11.8 Å². The number of hydrogen-bond donors (Lipinski definition) is 1. The summed E-state index contributed by atoms with van der Waals surface area (Å²) in [6.07, 6.45) is 9.58. The van der Waals surface area contributed by atoms with Gasteiger partial charge in [0.2, 0.25) is 0 Å². The van der Waals surface area contributed by atoms with Gasteiger partial charge in [-0.05, 0) is 41.4 Å². The largest absolute Gasteiger partial charge is 0.481 e. The first-order valence-corrected chi connectivity index (χ1v) is 7.55. The molecule has 0 bridgehead atoms. The van der Waals surface area contributed by atoms with E-state index in [1.807, 2.05) is 6.07 Å². The Labute approximate surface area is 114 Å². The molecule has 0 amide bonds. The molecule has 2 nitrogen and oxygen atoms in total. The van der Waals surface area contributed by atoms with Crippen molar-refractivity contribution >= 4 is 5.97 Å². The molecule has 3 rings (SSSR count). The fraction of sp³-hybridized carbons (Fsp3) is 0.588. The Morgan fingerprint density at radius 1 is 1.05 bits per heavy atom. The standard InChI is InChI=1S/C17H22O2/c18-17(19)9-12-6-7-14-10-16(11-15(14)8-12)13-4-2-1-3-5-13/h6-8,13,16H,1-5,9-11H2,(H,18,19)/t16-/m1/s1. The van der Waals surface area contributed by atoms with E-state index in [9.17, 15) is 4.79 Å². The van der Waals surface area contributed by atoms with Gasteiger partial charge in [0.25, 0.3) is 0 Å². The maximum absolute atomic E-state index is 10.8. The van der Waals surface area contributed by atoms with E-state index in [-0.39, 0.29) is 6.42 Å². The number of carbonyl (C=O) groups is 1. The van der Waals surface area contributed by atoms with Crippen LogP contribution in [0.15, 0.2) is 18.2 Å². The Kier molecular flexibility index (Phi) is 3.58. The summed E-state index contributed by atoms with van der Waals surface area (Å²) in [5.74, 6) is 0.987. The molecule has 0 saturated heterocycles. The Morgan fingerprint density at radius 2 is 1.79 bits per heavy atom. The van der Waals surface area contributed by atoms with Crippen molar-refractivity contribution in [2.45, 2.75) is 51.4 Å². The Morgan fingerprint density at radius 3 is 2.53 bits per heavy atom. The molecule has 1 saturated carbocycles. The maximum atomic E-state index is 10.8. The quantitative estimate of drug-likeness (QED) is 0.899. The predicted molar refractivity (Wildman–Crippen MR) is 75.3 cm³/mol. The summed E-state index contributed by atoms with van der Waals surface area (Å²) >= 11 is 0. The van der Waals surface area contributed by atoms with E-state index >= 15 is 0 Å². The minimum atomic E-state index is -0.734. The SMILES string of the molecule is O=C(O)Cc1ccc2c(c1)C[C@H](C1CCCCC1)C2. The van der Waals surface area contributed by atoms with Crippen LogP contribution >= 0.6 is 0 Å². The van der Waals surface area contributed by atoms with E-state index in [1.165, 1.54) is 56.1 Å². The summed E-state index contributed by atoms with van der Waals surface area (Å²) in [6, 6.07) is 6.29. The van der Waals surface area contributed by atoms with Crippen LogP contribution in [0.5, 0.6) is 0 Å². The molecule has 1 atom stereocenters. The molecular weight excluding hydrogens is 236 g/mol. The lowest BCUT2D eigenvalue weighted by atomic mass is 9.79. The molecule has 2 aliphatic carbocycles. The molecular formula is C17H22O2. The second kappa shape index (κ2) is 5.36. The highest BCUT2D eigenvalue weighted by Gasteiger charge is 2.29. The van der Waals surface area contributed by atoms with Crippen LogP contribution in [0, 0.1) is 11.8 Å². The van der Waals surface area contributed by atoms with E-state index in [0.29, 0.717) is 0 Å². The van der Waals surface area contributed by atoms with Crippen LogP contribution in [0.2, 0.25) is 0 Å². The van der Waals surface area contributed by atoms with Gasteiger partial charge in [-0.25, -0.2) is 0 Å². The minimum Gasteiger partial charge on any atom is -0.481 e. The second-order valence-electron chi connectivity index (χ2n) is 6.24. The fourth-order valence-electron chi connectivity index (χ4n) is 3.93. The average molecular weight is 258 g/mol. The van der Waals surface area contributed by atoms with Gasteiger partial charge >= 0.3 is 5.97 Å². The lowest BCUT2D eigenvalue weighted by Crippen LogP contribution is -2.18. The van der Waals surface area contributed by atoms with Gasteiger partial charge in [0.15, 0.2) is 0 Å². The van der Waals surface area contributed by atoms with Crippen LogP contribution < -0.4 is 0 Å². The van der Waals surface area contributed by atoms with E-state index in [1.54, 1.807) is 0 Å². The number of rotatable bonds is 3.